The van der Waals surface area contributed by atoms with Crippen LogP contribution in [0.1, 0.15) is 36.3 Å². The summed E-state index contributed by atoms with van der Waals surface area (Å²) < 4.78 is 10.7. The fraction of sp³-hybridized carbons (Fsp3) is 0.583. The van der Waals surface area contributed by atoms with Crippen LogP contribution in [0.25, 0.3) is 0 Å². The molecule has 2 heterocycles. The van der Waals surface area contributed by atoms with Gasteiger partial charge in [-0.25, -0.2) is 0 Å². The lowest BCUT2D eigenvalue weighted by molar-refractivity contribution is -0.135. The van der Waals surface area contributed by atoms with E-state index >= 15 is 0 Å². The number of ketones is 1. The monoisotopic (exact) mass is 232 g/mol. The second-order valence-corrected chi connectivity index (χ2v) is 4.61. The van der Waals surface area contributed by atoms with Gasteiger partial charge in [0.1, 0.15) is 11.5 Å². The Morgan fingerprint density at radius 2 is 2.29 bits per heavy atom. The molecule has 0 bridgehead atoms. The summed E-state index contributed by atoms with van der Waals surface area (Å²) in [5, 5.41) is 12.7. The maximum Gasteiger partial charge on any atom is 0.186 e. The second kappa shape index (κ2) is 3.67. The highest BCUT2D eigenvalue weighted by atomic mass is 16.5. The Bertz CT molecular complexity index is 514. The van der Waals surface area contributed by atoms with E-state index in [2.05, 4.69) is 5.16 Å². The number of rotatable bonds is 0. The standard InChI is InChI=1S/C12H12N2O3/c13-6-9-8-2-1-4-12(11(8)17-14-9)7-16-5-3-10(12)15/h1-5,7H2/t12-/m0/s1. The van der Waals surface area contributed by atoms with Gasteiger partial charge < -0.3 is 9.26 Å². The maximum atomic E-state index is 12.2. The van der Waals surface area contributed by atoms with Crippen molar-refractivity contribution in [2.24, 2.45) is 0 Å². The van der Waals surface area contributed by atoms with Crippen molar-refractivity contribution in [2.45, 2.75) is 31.1 Å². The van der Waals surface area contributed by atoms with Crippen molar-refractivity contribution in [1.82, 2.24) is 5.16 Å². The normalized spacial score (nSPS) is 27.8. The minimum Gasteiger partial charge on any atom is -0.379 e. The van der Waals surface area contributed by atoms with Crippen molar-refractivity contribution < 1.29 is 14.1 Å². The van der Waals surface area contributed by atoms with Crippen LogP contribution in [0.15, 0.2) is 4.52 Å². The summed E-state index contributed by atoms with van der Waals surface area (Å²) in [7, 11) is 0. The minimum atomic E-state index is -0.673. The molecule has 3 rings (SSSR count). The van der Waals surface area contributed by atoms with E-state index in [0.29, 0.717) is 31.1 Å². The summed E-state index contributed by atoms with van der Waals surface area (Å²) in [6, 6.07) is 2.01. The molecule has 0 unspecified atom stereocenters. The van der Waals surface area contributed by atoms with Crippen LogP contribution in [0.3, 0.4) is 0 Å². The molecule has 1 spiro atoms. The van der Waals surface area contributed by atoms with Crippen LogP contribution in [0, 0.1) is 11.3 Å². The molecule has 1 fully saturated rings. The Kier molecular flexibility index (Phi) is 2.26. The number of hydrogen-bond donors (Lipinski definition) is 0. The van der Waals surface area contributed by atoms with Gasteiger partial charge in [0.15, 0.2) is 17.2 Å². The van der Waals surface area contributed by atoms with Crippen LogP contribution < -0.4 is 0 Å². The number of carbonyl (C=O) groups is 1. The Morgan fingerprint density at radius 1 is 1.41 bits per heavy atom. The smallest absolute Gasteiger partial charge is 0.186 e. The molecule has 0 N–H and O–H groups in total. The van der Waals surface area contributed by atoms with Crippen molar-refractivity contribution in [3.63, 3.8) is 0 Å². The summed E-state index contributed by atoms with van der Waals surface area (Å²) in [6.07, 6.45) is 2.79. The molecule has 0 aromatic carbocycles. The lowest BCUT2D eigenvalue weighted by Crippen LogP contribution is -2.46. The average molecular weight is 232 g/mol. The van der Waals surface area contributed by atoms with Crippen LogP contribution in [-0.4, -0.2) is 24.2 Å². The fourth-order valence-corrected chi connectivity index (χ4v) is 2.82. The highest BCUT2D eigenvalue weighted by molar-refractivity contribution is 5.91. The van der Waals surface area contributed by atoms with Crippen molar-refractivity contribution >= 4 is 5.78 Å². The van der Waals surface area contributed by atoms with Gasteiger partial charge in [-0.05, 0) is 19.3 Å². The van der Waals surface area contributed by atoms with E-state index in [1.807, 2.05) is 6.07 Å². The number of Topliss-reactive ketones (excluding diaryl/α,β-unsaturated/α-hetero) is 1. The van der Waals surface area contributed by atoms with E-state index in [0.717, 1.165) is 24.8 Å². The van der Waals surface area contributed by atoms with Gasteiger partial charge in [-0.1, -0.05) is 5.16 Å². The largest absolute Gasteiger partial charge is 0.379 e. The first kappa shape index (κ1) is 10.5. The predicted octanol–water partition coefficient (Wildman–Crippen LogP) is 1.11. The number of carbonyl (C=O) groups excluding carboxylic acids is 1. The first-order chi connectivity index (χ1) is 8.28. The van der Waals surface area contributed by atoms with Gasteiger partial charge in [0.2, 0.25) is 0 Å². The quantitative estimate of drug-likeness (QED) is 0.669. The van der Waals surface area contributed by atoms with Crippen LogP contribution in [0.2, 0.25) is 0 Å². The molecule has 0 amide bonds. The van der Waals surface area contributed by atoms with Crippen molar-refractivity contribution in [3.05, 3.63) is 17.0 Å². The minimum absolute atomic E-state index is 0.158. The number of nitrogens with zero attached hydrogens (tertiary/aromatic N) is 2. The SMILES string of the molecule is N#Cc1noc2c1CCC[C@@]21COCCC1=O. The molecule has 1 aliphatic heterocycles. The third-order valence-electron chi connectivity index (χ3n) is 3.71. The first-order valence-electron chi connectivity index (χ1n) is 5.78. The molecule has 5 nitrogen and oxygen atoms in total. The molecule has 17 heavy (non-hydrogen) atoms. The lowest BCUT2D eigenvalue weighted by Gasteiger charge is -2.36. The molecule has 2 aliphatic rings. The molecule has 0 saturated carbocycles. The molecule has 88 valence electrons. The Balaban J connectivity index is 2.13. The third kappa shape index (κ3) is 1.34. The summed E-state index contributed by atoms with van der Waals surface area (Å²) in [5.41, 5.74) is 0.448. The van der Waals surface area contributed by atoms with E-state index in [4.69, 9.17) is 14.5 Å². The average Bonchev–Trinajstić information content (AvgIpc) is 2.77. The number of fused-ring (bicyclic) bond motifs is 2. The number of hydrogen-bond acceptors (Lipinski definition) is 5. The summed E-state index contributed by atoms with van der Waals surface area (Å²) >= 11 is 0. The maximum absolute atomic E-state index is 12.2. The summed E-state index contributed by atoms with van der Waals surface area (Å²) in [5.74, 6) is 0.732. The summed E-state index contributed by atoms with van der Waals surface area (Å²) in [6.45, 7) is 0.841. The molecule has 5 heteroatoms. The van der Waals surface area contributed by atoms with E-state index in [1.54, 1.807) is 0 Å². The van der Waals surface area contributed by atoms with Gasteiger partial charge >= 0.3 is 0 Å². The van der Waals surface area contributed by atoms with E-state index < -0.39 is 5.41 Å². The van der Waals surface area contributed by atoms with E-state index in [-0.39, 0.29) is 5.78 Å². The molecule has 0 radical (unpaired) electrons. The van der Waals surface area contributed by atoms with Crippen LogP contribution in [0.4, 0.5) is 0 Å². The van der Waals surface area contributed by atoms with Crippen molar-refractivity contribution in [1.29, 1.82) is 5.26 Å². The van der Waals surface area contributed by atoms with Gasteiger partial charge in [0.05, 0.1) is 13.2 Å². The zero-order valence-electron chi connectivity index (χ0n) is 9.36. The summed E-state index contributed by atoms with van der Waals surface area (Å²) in [4.78, 5) is 12.2. The topological polar surface area (TPSA) is 76.1 Å². The molecule has 1 atom stereocenters. The molecule has 1 aliphatic carbocycles. The highest BCUT2D eigenvalue weighted by Gasteiger charge is 2.49. The van der Waals surface area contributed by atoms with Gasteiger partial charge in [-0.15, -0.1) is 0 Å². The molecular formula is C12H12N2O3. The van der Waals surface area contributed by atoms with E-state index in [1.165, 1.54) is 0 Å². The zero-order chi connectivity index (χ0) is 11.9. The third-order valence-corrected chi connectivity index (χ3v) is 3.71. The van der Waals surface area contributed by atoms with Crippen molar-refractivity contribution in [2.75, 3.05) is 13.2 Å². The molecule has 1 saturated heterocycles. The Labute approximate surface area is 98.3 Å². The Hall–Kier alpha value is -1.67. The van der Waals surface area contributed by atoms with Gasteiger partial charge in [0.25, 0.3) is 0 Å². The number of ether oxygens (including phenoxy) is 1. The fourth-order valence-electron chi connectivity index (χ4n) is 2.82. The number of nitriles is 1. The van der Waals surface area contributed by atoms with Gasteiger partial charge in [-0.2, -0.15) is 5.26 Å². The lowest BCUT2D eigenvalue weighted by atomic mass is 9.70. The molecule has 1 aromatic heterocycles. The zero-order valence-corrected chi connectivity index (χ0v) is 9.36. The second-order valence-electron chi connectivity index (χ2n) is 4.61. The molecular weight excluding hydrogens is 220 g/mol. The molecule has 1 aromatic rings. The highest BCUT2D eigenvalue weighted by Crippen LogP contribution is 2.41. The van der Waals surface area contributed by atoms with Gasteiger partial charge in [-0.3, -0.25) is 4.79 Å². The van der Waals surface area contributed by atoms with Crippen LogP contribution in [0.5, 0.6) is 0 Å². The van der Waals surface area contributed by atoms with E-state index in [9.17, 15) is 4.79 Å². The van der Waals surface area contributed by atoms with Crippen molar-refractivity contribution in [3.8, 4) is 6.07 Å². The Morgan fingerprint density at radius 3 is 3.06 bits per heavy atom. The predicted molar refractivity (Wildman–Crippen MR) is 56.3 cm³/mol. The first-order valence-corrected chi connectivity index (χ1v) is 5.78. The van der Waals surface area contributed by atoms with Crippen LogP contribution in [-0.2, 0) is 21.4 Å². The number of aromatic nitrogens is 1. The van der Waals surface area contributed by atoms with Crippen LogP contribution >= 0.6 is 0 Å². The van der Waals surface area contributed by atoms with Gasteiger partial charge in [0, 0.05) is 12.0 Å².